The van der Waals surface area contributed by atoms with Crippen LogP contribution in [0.2, 0.25) is 0 Å². The van der Waals surface area contributed by atoms with Gasteiger partial charge in [0.2, 0.25) is 0 Å². The number of rotatable bonds is 25. The summed E-state index contributed by atoms with van der Waals surface area (Å²) in [7, 11) is 2.53. The van der Waals surface area contributed by atoms with Crippen molar-refractivity contribution in [2.75, 3.05) is 72.3 Å². The Morgan fingerprint density at radius 1 is 0.625 bits per heavy atom. The first-order valence-electron chi connectivity index (χ1n) is 23.0. The summed E-state index contributed by atoms with van der Waals surface area (Å²) < 4.78 is 51.1. The van der Waals surface area contributed by atoms with Crippen LogP contribution in [0.4, 0.5) is 0 Å². The summed E-state index contributed by atoms with van der Waals surface area (Å²) in [6.45, 7) is 9.80. The van der Waals surface area contributed by atoms with E-state index >= 15 is 0 Å². The van der Waals surface area contributed by atoms with Crippen LogP contribution in [-0.4, -0.2) is 91.9 Å². The minimum atomic E-state index is -0.673. The van der Waals surface area contributed by atoms with Crippen molar-refractivity contribution in [1.82, 2.24) is 0 Å². The number of phenols is 2. The number of hydrogen-bond acceptors (Lipinski definition) is 11. The number of aromatic hydroxyl groups is 2. The van der Waals surface area contributed by atoms with E-state index in [1.54, 1.807) is 38.5 Å². The lowest BCUT2D eigenvalue weighted by atomic mass is 9.66. The van der Waals surface area contributed by atoms with Crippen LogP contribution < -0.4 is 18.9 Å². The number of phenolic OH excluding ortho intramolecular Hbond substituents is 2. The standard InChI is InChI=1S/C28H40O5S.C24H32O6/c1-3-4-18-34(31)19-8-7-17-32-16-6-5-9-26-25-15-14-24(30)20-27(25)33-21-28(26,2)22-10-12-23(29)13-11-22;1-24(18-7-9-19(10-8-18)29-16-26-2)15-28-23-14-20(30-17-27-3)11-12-21(23)22(24)6-4-5-13-25/h10-15,20,26,29-30H,3-9,16-19,21H2,1-2H3;7-12,14,22,25H,4-6,13,15-17H2,1-3H3/t26-,28-,34?;22-,24-/m11/s1. The van der Waals surface area contributed by atoms with Crippen LogP contribution in [0.25, 0.3) is 0 Å². The fraction of sp³-hybridized carbons (Fsp3) is 0.538. The summed E-state index contributed by atoms with van der Waals surface area (Å²) in [4.78, 5) is 0. The summed E-state index contributed by atoms with van der Waals surface area (Å²) in [5, 5.41) is 28.9. The van der Waals surface area contributed by atoms with E-state index in [0.29, 0.717) is 13.2 Å². The Balaban J connectivity index is 0.000000243. The second-order valence-electron chi connectivity index (χ2n) is 17.3. The van der Waals surface area contributed by atoms with E-state index in [9.17, 15) is 19.5 Å². The predicted octanol–water partition coefficient (Wildman–Crippen LogP) is 10.3. The third-order valence-electron chi connectivity index (χ3n) is 12.6. The molecule has 1 unspecified atom stereocenters. The highest BCUT2D eigenvalue weighted by Gasteiger charge is 2.43. The second-order valence-corrected chi connectivity index (χ2v) is 19.0. The van der Waals surface area contributed by atoms with Gasteiger partial charge in [0, 0.05) is 91.1 Å². The van der Waals surface area contributed by atoms with Gasteiger partial charge in [-0.1, -0.05) is 76.4 Å². The van der Waals surface area contributed by atoms with Crippen molar-refractivity contribution in [1.29, 1.82) is 0 Å². The molecule has 4 aromatic rings. The molecule has 0 bridgehead atoms. The number of fused-ring (bicyclic) bond motifs is 2. The number of benzene rings is 4. The van der Waals surface area contributed by atoms with Gasteiger partial charge in [0.25, 0.3) is 0 Å². The molecule has 2 aliphatic heterocycles. The number of unbranched alkanes of at least 4 members (excludes halogenated alkanes) is 4. The predicted molar refractivity (Wildman–Crippen MR) is 253 cm³/mol. The van der Waals surface area contributed by atoms with Gasteiger partial charge in [0.15, 0.2) is 13.6 Å². The molecule has 2 aliphatic rings. The molecule has 0 radical (unpaired) electrons. The lowest BCUT2D eigenvalue weighted by Gasteiger charge is -2.43. The van der Waals surface area contributed by atoms with Gasteiger partial charge in [0.05, 0.1) is 13.2 Å². The molecule has 0 spiro atoms. The van der Waals surface area contributed by atoms with Gasteiger partial charge < -0.3 is 48.5 Å². The maximum Gasteiger partial charge on any atom is 0.188 e. The van der Waals surface area contributed by atoms with Crippen molar-refractivity contribution in [2.45, 2.75) is 108 Å². The number of ether oxygens (including phenoxy) is 7. The Kier molecular flexibility index (Phi) is 20.6. The Hall–Kier alpha value is -4.33. The summed E-state index contributed by atoms with van der Waals surface area (Å²) in [6.07, 6.45) is 9.79. The largest absolute Gasteiger partial charge is 0.508 e. The van der Waals surface area contributed by atoms with E-state index < -0.39 is 10.8 Å². The maximum atomic E-state index is 11.8. The van der Waals surface area contributed by atoms with Crippen molar-refractivity contribution in [3.63, 3.8) is 0 Å². The molecular weight excluding hydrogens is 833 g/mol. The molecule has 0 saturated heterocycles. The van der Waals surface area contributed by atoms with Crippen molar-refractivity contribution >= 4 is 10.8 Å². The van der Waals surface area contributed by atoms with Gasteiger partial charge in [-0.25, -0.2) is 0 Å². The van der Waals surface area contributed by atoms with Crippen LogP contribution in [-0.2, 0) is 35.8 Å². The highest BCUT2D eigenvalue weighted by molar-refractivity contribution is 7.84. The van der Waals surface area contributed by atoms with Crippen LogP contribution >= 0.6 is 0 Å². The quantitative estimate of drug-likeness (QED) is 0.0432. The second kappa shape index (κ2) is 26.0. The van der Waals surface area contributed by atoms with E-state index in [-0.39, 0.29) is 54.4 Å². The zero-order valence-corrected chi connectivity index (χ0v) is 39.5. The first kappa shape index (κ1) is 50.7. The summed E-state index contributed by atoms with van der Waals surface area (Å²) in [5.74, 6) is 5.71. The number of methoxy groups -OCH3 is 2. The highest BCUT2D eigenvalue weighted by atomic mass is 32.2. The Labute approximate surface area is 383 Å². The first-order chi connectivity index (χ1) is 31.1. The molecule has 6 rings (SSSR count). The molecular formula is C52H72O11S. The molecule has 0 saturated carbocycles. The van der Waals surface area contributed by atoms with Crippen LogP contribution in [0, 0.1) is 0 Å². The van der Waals surface area contributed by atoms with Gasteiger partial charge in [-0.05, 0) is 104 Å². The third-order valence-corrected chi connectivity index (χ3v) is 14.1. The lowest BCUT2D eigenvalue weighted by molar-refractivity contribution is 0.0505. The van der Waals surface area contributed by atoms with Crippen molar-refractivity contribution in [3.05, 3.63) is 107 Å². The molecule has 2 heterocycles. The normalized spacial score (nSPS) is 20.4. The molecule has 12 heteroatoms. The van der Waals surface area contributed by atoms with Crippen LogP contribution in [0.1, 0.15) is 119 Å². The number of hydrogen-bond donors (Lipinski definition) is 3. The minimum absolute atomic E-state index is 0.197. The summed E-state index contributed by atoms with van der Waals surface area (Å²) >= 11 is 0. The third kappa shape index (κ3) is 14.1. The molecule has 64 heavy (non-hydrogen) atoms. The fourth-order valence-corrected chi connectivity index (χ4v) is 10.2. The molecule has 0 aliphatic carbocycles. The smallest absolute Gasteiger partial charge is 0.188 e. The number of aliphatic hydroxyl groups excluding tert-OH is 1. The van der Waals surface area contributed by atoms with Gasteiger partial charge >= 0.3 is 0 Å². The Bertz CT molecular complexity index is 1990. The van der Waals surface area contributed by atoms with Crippen LogP contribution in [0.5, 0.6) is 34.5 Å². The maximum absolute atomic E-state index is 11.8. The molecule has 11 nitrogen and oxygen atoms in total. The number of aliphatic hydroxyl groups is 1. The molecule has 0 fully saturated rings. The first-order valence-corrected chi connectivity index (χ1v) is 24.4. The van der Waals surface area contributed by atoms with Crippen molar-refractivity contribution < 1.29 is 52.7 Å². The van der Waals surface area contributed by atoms with Crippen molar-refractivity contribution in [2.24, 2.45) is 0 Å². The zero-order valence-electron chi connectivity index (χ0n) is 38.7. The molecule has 5 atom stereocenters. The lowest BCUT2D eigenvalue weighted by Crippen LogP contribution is -2.40. The van der Waals surface area contributed by atoms with Gasteiger partial charge in [-0.15, -0.1) is 0 Å². The minimum Gasteiger partial charge on any atom is -0.508 e. The topological polar surface area (TPSA) is 142 Å². The monoisotopic (exact) mass is 904 g/mol. The summed E-state index contributed by atoms with van der Waals surface area (Å²) in [6, 6.07) is 27.0. The highest BCUT2D eigenvalue weighted by Crippen LogP contribution is 2.51. The van der Waals surface area contributed by atoms with Crippen molar-refractivity contribution in [3.8, 4) is 34.5 Å². The zero-order chi connectivity index (χ0) is 45.8. The summed E-state index contributed by atoms with van der Waals surface area (Å²) in [5.41, 5.74) is 4.21. The molecule has 0 amide bonds. The van der Waals surface area contributed by atoms with Gasteiger partial charge in [0.1, 0.15) is 34.5 Å². The van der Waals surface area contributed by atoms with Gasteiger partial charge in [-0.2, -0.15) is 0 Å². The van der Waals surface area contributed by atoms with Crippen LogP contribution in [0.3, 0.4) is 0 Å². The van der Waals surface area contributed by atoms with Gasteiger partial charge in [-0.3, -0.25) is 4.21 Å². The van der Waals surface area contributed by atoms with E-state index in [0.717, 1.165) is 123 Å². The molecule has 3 N–H and O–H groups in total. The molecule has 4 aromatic carbocycles. The fourth-order valence-electron chi connectivity index (χ4n) is 8.83. The van der Waals surface area contributed by atoms with Crippen LogP contribution in [0.15, 0.2) is 84.9 Å². The Morgan fingerprint density at radius 2 is 1.12 bits per heavy atom. The Morgan fingerprint density at radius 3 is 1.72 bits per heavy atom. The average molecular weight is 905 g/mol. The van der Waals surface area contributed by atoms with E-state index in [1.165, 1.54) is 11.1 Å². The molecule has 0 aromatic heterocycles. The SMILES string of the molecule is CCCCS(=O)CCCCOCCCC[C@@H]1c2ccc(O)cc2OC[C@]1(C)c1ccc(O)cc1.COCOc1ccc([C@@]2(C)COc3cc(OCOC)ccc3[C@H]2CCCCO)cc1. The van der Waals surface area contributed by atoms with E-state index in [1.807, 2.05) is 42.5 Å². The molecule has 352 valence electrons. The van der Waals surface area contributed by atoms with E-state index in [2.05, 4.69) is 39.0 Å². The average Bonchev–Trinajstić information content (AvgIpc) is 3.30. The van der Waals surface area contributed by atoms with E-state index in [4.69, 9.17) is 33.2 Å².